The van der Waals surface area contributed by atoms with Crippen molar-refractivity contribution in [2.45, 2.75) is 11.7 Å². The van der Waals surface area contributed by atoms with Gasteiger partial charge in [-0.3, -0.25) is 0 Å². The Labute approximate surface area is 132 Å². The number of hydrogen-bond acceptors (Lipinski definition) is 6. The van der Waals surface area contributed by atoms with Crippen molar-refractivity contribution in [1.82, 2.24) is 10.1 Å². The Bertz CT molecular complexity index is 728. The highest BCUT2D eigenvalue weighted by Crippen LogP contribution is 2.27. The number of rotatable bonds is 2. The molecule has 0 amide bonds. The first kappa shape index (κ1) is 17.8. The Morgan fingerprint density at radius 1 is 1.33 bits per heavy atom. The van der Waals surface area contributed by atoms with Gasteiger partial charge in [-0.25, -0.2) is 9.18 Å². The van der Waals surface area contributed by atoms with E-state index in [1.807, 2.05) is 0 Å². The third kappa shape index (κ3) is 4.06. The second-order valence-corrected chi connectivity index (χ2v) is 4.89. The summed E-state index contributed by atoms with van der Waals surface area (Å²) in [6.45, 7) is 0.718. The number of carbonyl (C=O) groups is 1. The lowest BCUT2D eigenvalue weighted by atomic mass is 9.99. The predicted molar refractivity (Wildman–Crippen MR) is 70.1 cm³/mol. The van der Waals surface area contributed by atoms with Gasteiger partial charge >= 0.3 is 12.1 Å². The third-order valence-electron chi connectivity index (χ3n) is 2.90. The number of aliphatic carboxylic acids is 1. The van der Waals surface area contributed by atoms with E-state index in [9.17, 15) is 17.6 Å². The highest BCUT2D eigenvalue weighted by Gasteiger charge is 2.41. The minimum absolute atomic E-state index is 0.322. The summed E-state index contributed by atoms with van der Waals surface area (Å²) in [6.07, 6.45) is -5.08. The summed E-state index contributed by atoms with van der Waals surface area (Å²) < 4.78 is 54.9. The molecule has 1 aliphatic heterocycles. The Morgan fingerprint density at radius 2 is 1.96 bits per heavy atom. The first-order valence-electron chi connectivity index (χ1n) is 6.39. The van der Waals surface area contributed by atoms with Gasteiger partial charge in [0.1, 0.15) is 11.4 Å². The van der Waals surface area contributed by atoms with Gasteiger partial charge in [-0.15, -0.1) is 0 Å². The van der Waals surface area contributed by atoms with Gasteiger partial charge in [-0.2, -0.15) is 18.2 Å². The Morgan fingerprint density at radius 3 is 2.42 bits per heavy atom. The number of ether oxygens (including phenoxy) is 1. The van der Waals surface area contributed by atoms with Crippen LogP contribution >= 0.6 is 0 Å². The van der Waals surface area contributed by atoms with Crippen molar-refractivity contribution in [1.29, 1.82) is 0 Å². The van der Waals surface area contributed by atoms with Crippen LogP contribution in [-0.2, 0) is 15.1 Å². The molecule has 0 bridgehead atoms. The normalized spacial score (nSPS) is 15.9. The maximum absolute atomic E-state index is 13.0. The van der Waals surface area contributed by atoms with Gasteiger partial charge in [-0.1, -0.05) is 17.3 Å². The SMILES string of the molecule is NC1(c2nc(-c3cccc(F)c3)no2)COC1.O=C(O)C(F)(F)F. The van der Waals surface area contributed by atoms with Crippen molar-refractivity contribution in [2.75, 3.05) is 13.2 Å². The van der Waals surface area contributed by atoms with Crippen LogP contribution in [-0.4, -0.2) is 40.6 Å². The van der Waals surface area contributed by atoms with Crippen molar-refractivity contribution in [3.63, 3.8) is 0 Å². The lowest BCUT2D eigenvalue weighted by Gasteiger charge is -2.33. The standard InChI is InChI=1S/C11H10FN3O2.C2HF3O2/c12-8-3-1-2-7(4-8)9-14-10(17-15-9)11(13)5-16-6-11;3-2(4,5)1(6)7/h1-4H,5-6,13H2;(H,6,7). The van der Waals surface area contributed by atoms with Crippen LogP contribution in [0.25, 0.3) is 11.4 Å². The number of nitrogens with two attached hydrogens (primary N) is 1. The van der Waals surface area contributed by atoms with E-state index in [-0.39, 0.29) is 5.82 Å². The zero-order valence-corrected chi connectivity index (χ0v) is 11.9. The van der Waals surface area contributed by atoms with E-state index in [0.717, 1.165) is 0 Å². The van der Waals surface area contributed by atoms with E-state index in [2.05, 4.69) is 10.1 Å². The summed E-state index contributed by atoms with van der Waals surface area (Å²) in [6, 6.07) is 5.99. The lowest BCUT2D eigenvalue weighted by Crippen LogP contribution is -2.54. The Balaban J connectivity index is 0.000000256. The molecule has 0 radical (unpaired) electrons. The van der Waals surface area contributed by atoms with Gasteiger partial charge in [-0.05, 0) is 12.1 Å². The average Bonchev–Trinajstić information content (AvgIpc) is 2.94. The molecule has 3 rings (SSSR count). The first-order chi connectivity index (χ1) is 11.1. The summed E-state index contributed by atoms with van der Waals surface area (Å²) in [4.78, 5) is 13.1. The molecule has 0 saturated carbocycles. The predicted octanol–water partition coefficient (Wildman–Crippen LogP) is 1.69. The van der Waals surface area contributed by atoms with E-state index in [4.69, 9.17) is 24.9 Å². The van der Waals surface area contributed by atoms with Crippen molar-refractivity contribution in [3.8, 4) is 11.4 Å². The van der Waals surface area contributed by atoms with Gasteiger partial charge in [0.05, 0.1) is 13.2 Å². The number of benzene rings is 1. The van der Waals surface area contributed by atoms with Crippen molar-refractivity contribution >= 4 is 5.97 Å². The number of carboxylic acid groups (broad SMARTS) is 1. The number of alkyl halides is 3. The second-order valence-electron chi connectivity index (χ2n) is 4.89. The van der Waals surface area contributed by atoms with Gasteiger partial charge in [0.15, 0.2) is 0 Å². The third-order valence-corrected chi connectivity index (χ3v) is 2.90. The van der Waals surface area contributed by atoms with Crippen LogP contribution in [0.3, 0.4) is 0 Å². The van der Waals surface area contributed by atoms with Crippen LogP contribution in [0.1, 0.15) is 5.89 Å². The smallest absolute Gasteiger partial charge is 0.475 e. The lowest BCUT2D eigenvalue weighted by molar-refractivity contribution is -0.192. The summed E-state index contributed by atoms with van der Waals surface area (Å²) in [5.74, 6) is -2.45. The molecule has 0 atom stereocenters. The van der Waals surface area contributed by atoms with Crippen molar-refractivity contribution in [2.24, 2.45) is 5.73 Å². The monoisotopic (exact) mass is 349 g/mol. The molecule has 7 nitrogen and oxygen atoms in total. The maximum Gasteiger partial charge on any atom is 0.490 e. The summed E-state index contributed by atoms with van der Waals surface area (Å²) >= 11 is 0. The minimum Gasteiger partial charge on any atom is -0.475 e. The molecule has 11 heteroatoms. The summed E-state index contributed by atoms with van der Waals surface area (Å²) in [7, 11) is 0. The Kier molecular flexibility index (Phi) is 4.85. The van der Waals surface area contributed by atoms with E-state index < -0.39 is 17.7 Å². The molecule has 3 N–H and O–H groups in total. The fourth-order valence-corrected chi connectivity index (χ4v) is 1.62. The Hall–Kier alpha value is -2.53. The number of carboxylic acids is 1. The van der Waals surface area contributed by atoms with E-state index in [0.29, 0.717) is 30.5 Å². The van der Waals surface area contributed by atoms with Crippen molar-refractivity contribution in [3.05, 3.63) is 36.0 Å². The van der Waals surface area contributed by atoms with Crippen LogP contribution < -0.4 is 5.73 Å². The molecule has 0 spiro atoms. The largest absolute Gasteiger partial charge is 0.490 e. The fraction of sp³-hybridized carbons (Fsp3) is 0.308. The molecule has 2 heterocycles. The minimum atomic E-state index is -5.08. The van der Waals surface area contributed by atoms with Crippen LogP contribution in [0.15, 0.2) is 28.8 Å². The molecule has 2 aromatic rings. The van der Waals surface area contributed by atoms with Gasteiger partial charge < -0.3 is 20.1 Å². The highest BCUT2D eigenvalue weighted by molar-refractivity contribution is 5.73. The van der Waals surface area contributed by atoms with E-state index in [1.54, 1.807) is 12.1 Å². The molecule has 1 aromatic heterocycles. The molecule has 0 unspecified atom stereocenters. The molecule has 0 aliphatic carbocycles. The molecule has 1 fully saturated rings. The van der Waals surface area contributed by atoms with Crippen LogP contribution in [0, 0.1) is 5.82 Å². The van der Waals surface area contributed by atoms with Gasteiger partial charge in [0.2, 0.25) is 5.82 Å². The quantitative estimate of drug-likeness (QED) is 0.794. The van der Waals surface area contributed by atoms with E-state index in [1.165, 1.54) is 12.1 Å². The molecule has 1 aromatic carbocycles. The van der Waals surface area contributed by atoms with Crippen LogP contribution in [0.5, 0.6) is 0 Å². The number of aromatic nitrogens is 2. The van der Waals surface area contributed by atoms with Gasteiger partial charge in [0, 0.05) is 5.56 Å². The van der Waals surface area contributed by atoms with Gasteiger partial charge in [0.25, 0.3) is 5.89 Å². The van der Waals surface area contributed by atoms with Crippen LogP contribution in [0.2, 0.25) is 0 Å². The number of halogens is 4. The fourth-order valence-electron chi connectivity index (χ4n) is 1.62. The maximum atomic E-state index is 13.0. The summed E-state index contributed by atoms with van der Waals surface area (Å²) in [5.41, 5.74) is 5.81. The molecular formula is C13H11F4N3O4. The second kappa shape index (κ2) is 6.53. The molecule has 130 valence electrons. The number of nitrogens with zero attached hydrogens (tertiary/aromatic N) is 2. The first-order valence-corrected chi connectivity index (χ1v) is 6.39. The zero-order valence-electron chi connectivity index (χ0n) is 11.9. The average molecular weight is 349 g/mol. The zero-order chi connectivity index (χ0) is 18.0. The summed E-state index contributed by atoms with van der Waals surface area (Å²) in [5, 5.41) is 10.9. The van der Waals surface area contributed by atoms with Crippen molar-refractivity contribution < 1.29 is 36.7 Å². The highest BCUT2D eigenvalue weighted by atomic mass is 19.4. The molecule has 24 heavy (non-hydrogen) atoms. The molecule has 1 saturated heterocycles. The number of hydrogen-bond donors (Lipinski definition) is 2. The topological polar surface area (TPSA) is 111 Å². The molecular weight excluding hydrogens is 338 g/mol. The van der Waals surface area contributed by atoms with E-state index >= 15 is 0 Å². The van der Waals surface area contributed by atoms with Crippen LogP contribution in [0.4, 0.5) is 17.6 Å². The molecule has 1 aliphatic rings.